The molecule has 2 rings (SSSR count). The molecule has 0 bridgehead atoms. The molecule has 0 amide bonds. The van der Waals surface area contributed by atoms with E-state index in [1.54, 1.807) is 12.3 Å². The highest BCUT2D eigenvalue weighted by Crippen LogP contribution is 2.07. The van der Waals surface area contributed by atoms with Crippen LogP contribution in [0.4, 0.5) is 0 Å². The van der Waals surface area contributed by atoms with Crippen molar-refractivity contribution >= 4 is 6.08 Å². The predicted octanol–water partition coefficient (Wildman–Crippen LogP) is 2.60. The average molecular weight is 227 g/mol. The highest BCUT2D eigenvalue weighted by atomic mass is 16.5. The third-order valence-corrected chi connectivity index (χ3v) is 2.36. The fourth-order valence-electron chi connectivity index (χ4n) is 1.44. The molecule has 1 N–H and O–H groups in total. The standard InChI is InChI=1S/C14H13NO2/c1-2-12-8-13(16)14(9-15-12)17-10-11-6-4-3-5-7-11/h2-9H,1,10H2,(H,15,16). The lowest BCUT2D eigenvalue weighted by Gasteiger charge is -2.05. The number of benzene rings is 1. The van der Waals surface area contributed by atoms with Crippen molar-refractivity contribution in [2.75, 3.05) is 0 Å². The van der Waals surface area contributed by atoms with Gasteiger partial charge in [-0.2, -0.15) is 0 Å². The molecular weight excluding hydrogens is 214 g/mol. The van der Waals surface area contributed by atoms with E-state index >= 15 is 0 Å². The van der Waals surface area contributed by atoms with Crippen molar-refractivity contribution < 1.29 is 4.74 Å². The molecule has 0 saturated carbocycles. The number of aromatic nitrogens is 1. The number of aromatic amines is 1. The summed E-state index contributed by atoms with van der Waals surface area (Å²) in [6, 6.07) is 11.2. The number of ether oxygens (including phenoxy) is 1. The zero-order valence-corrected chi connectivity index (χ0v) is 9.35. The summed E-state index contributed by atoms with van der Waals surface area (Å²) in [6.07, 6.45) is 3.14. The highest BCUT2D eigenvalue weighted by Gasteiger charge is 2.01. The van der Waals surface area contributed by atoms with Crippen LogP contribution in [0, 0.1) is 0 Å². The molecule has 0 aliphatic heterocycles. The van der Waals surface area contributed by atoms with Gasteiger partial charge in [0.25, 0.3) is 0 Å². The molecule has 86 valence electrons. The second-order valence-electron chi connectivity index (χ2n) is 3.60. The lowest BCUT2D eigenvalue weighted by molar-refractivity contribution is 0.302. The number of H-pyrrole nitrogens is 1. The van der Waals surface area contributed by atoms with Gasteiger partial charge in [0, 0.05) is 18.0 Å². The van der Waals surface area contributed by atoms with Gasteiger partial charge in [0.1, 0.15) is 6.61 Å². The first-order chi connectivity index (χ1) is 8.29. The van der Waals surface area contributed by atoms with Crippen molar-refractivity contribution in [2.45, 2.75) is 6.61 Å². The third kappa shape index (κ3) is 2.84. The minimum absolute atomic E-state index is 0.144. The Morgan fingerprint density at radius 3 is 2.71 bits per heavy atom. The normalized spacial score (nSPS) is 9.88. The second kappa shape index (κ2) is 5.16. The fraction of sp³-hybridized carbons (Fsp3) is 0.0714. The van der Waals surface area contributed by atoms with E-state index in [-0.39, 0.29) is 5.43 Å². The van der Waals surface area contributed by atoms with Crippen LogP contribution in [-0.2, 0) is 6.61 Å². The van der Waals surface area contributed by atoms with E-state index in [2.05, 4.69) is 11.6 Å². The van der Waals surface area contributed by atoms with Gasteiger partial charge >= 0.3 is 0 Å². The molecule has 3 nitrogen and oxygen atoms in total. The lowest BCUT2D eigenvalue weighted by Crippen LogP contribution is -2.08. The van der Waals surface area contributed by atoms with Crippen molar-refractivity contribution in [3.8, 4) is 5.75 Å². The Balaban J connectivity index is 2.10. The van der Waals surface area contributed by atoms with E-state index in [0.29, 0.717) is 18.1 Å². The maximum absolute atomic E-state index is 11.6. The molecule has 0 radical (unpaired) electrons. The number of hydrogen-bond acceptors (Lipinski definition) is 2. The molecule has 0 spiro atoms. The van der Waals surface area contributed by atoms with Gasteiger partial charge in [-0.3, -0.25) is 4.79 Å². The third-order valence-electron chi connectivity index (χ3n) is 2.36. The molecule has 1 aromatic heterocycles. The van der Waals surface area contributed by atoms with E-state index in [0.717, 1.165) is 5.56 Å². The SMILES string of the molecule is C=Cc1cc(=O)c(OCc2ccccc2)c[nH]1. The van der Waals surface area contributed by atoms with E-state index in [4.69, 9.17) is 4.74 Å². The fourth-order valence-corrected chi connectivity index (χ4v) is 1.44. The molecular formula is C14H13NO2. The molecule has 0 fully saturated rings. The molecule has 17 heavy (non-hydrogen) atoms. The summed E-state index contributed by atoms with van der Waals surface area (Å²) in [5, 5.41) is 0. The van der Waals surface area contributed by atoms with Crippen LogP contribution in [0.5, 0.6) is 5.75 Å². The number of pyridine rings is 1. The van der Waals surface area contributed by atoms with Gasteiger partial charge < -0.3 is 9.72 Å². The first kappa shape index (κ1) is 11.2. The molecule has 3 heteroatoms. The minimum atomic E-state index is -0.144. The van der Waals surface area contributed by atoms with Crippen LogP contribution in [0.15, 0.2) is 54.0 Å². The van der Waals surface area contributed by atoms with Gasteiger partial charge in [-0.15, -0.1) is 0 Å². The quantitative estimate of drug-likeness (QED) is 0.872. The molecule has 2 aromatic rings. The van der Waals surface area contributed by atoms with Crippen LogP contribution in [0.3, 0.4) is 0 Å². The van der Waals surface area contributed by atoms with E-state index in [1.165, 1.54) is 6.07 Å². The summed E-state index contributed by atoms with van der Waals surface area (Å²) >= 11 is 0. The largest absolute Gasteiger partial charge is 0.483 e. The van der Waals surface area contributed by atoms with Gasteiger partial charge in [0.15, 0.2) is 5.75 Å². The predicted molar refractivity (Wildman–Crippen MR) is 67.9 cm³/mol. The smallest absolute Gasteiger partial charge is 0.223 e. The zero-order chi connectivity index (χ0) is 12.1. The summed E-state index contributed by atoms with van der Waals surface area (Å²) in [5.74, 6) is 0.319. The van der Waals surface area contributed by atoms with Crippen LogP contribution in [0.1, 0.15) is 11.3 Å². The van der Waals surface area contributed by atoms with Gasteiger partial charge in [-0.05, 0) is 11.6 Å². The average Bonchev–Trinajstić information content (AvgIpc) is 2.38. The molecule has 0 aliphatic carbocycles. The van der Waals surface area contributed by atoms with Crippen LogP contribution >= 0.6 is 0 Å². The Kier molecular flexibility index (Phi) is 3.40. The van der Waals surface area contributed by atoms with Crippen molar-refractivity contribution in [3.63, 3.8) is 0 Å². The molecule has 1 heterocycles. The van der Waals surface area contributed by atoms with Crippen LogP contribution in [-0.4, -0.2) is 4.98 Å². The van der Waals surface area contributed by atoms with Crippen molar-refractivity contribution in [1.29, 1.82) is 0 Å². The summed E-state index contributed by atoms with van der Waals surface area (Å²) < 4.78 is 5.44. The second-order valence-corrected chi connectivity index (χ2v) is 3.60. The Morgan fingerprint density at radius 1 is 1.29 bits per heavy atom. The lowest BCUT2D eigenvalue weighted by atomic mass is 10.2. The van der Waals surface area contributed by atoms with Crippen LogP contribution in [0.2, 0.25) is 0 Å². The molecule has 0 unspecified atom stereocenters. The first-order valence-electron chi connectivity index (χ1n) is 5.31. The van der Waals surface area contributed by atoms with Gasteiger partial charge in [-0.1, -0.05) is 36.9 Å². The van der Waals surface area contributed by atoms with E-state index < -0.39 is 0 Å². The molecule has 0 saturated heterocycles. The Bertz CT molecular complexity index is 558. The highest BCUT2D eigenvalue weighted by molar-refractivity contribution is 5.42. The summed E-state index contributed by atoms with van der Waals surface area (Å²) in [7, 11) is 0. The van der Waals surface area contributed by atoms with Gasteiger partial charge in [0.2, 0.25) is 5.43 Å². The number of hydrogen-bond donors (Lipinski definition) is 1. The molecule has 0 aliphatic rings. The van der Waals surface area contributed by atoms with Crippen molar-refractivity contribution in [3.05, 3.63) is 70.7 Å². The Labute approximate surface area is 99.4 Å². The van der Waals surface area contributed by atoms with Crippen LogP contribution in [0.25, 0.3) is 6.08 Å². The van der Waals surface area contributed by atoms with Crippen molar-refractivity contribution in [1.82, 2.24) is 4.98 Å². The zero-order valence-electron chi connectivity index (χ0n) is 9.35. The number of rotatable bonds is 4. The van der Waals surface area contributed by atoms with E-state index in [9.17, 15) is 4.79 Å². The molecule has 0 atom stereocenters. The van der Waals surface area contributed by atoms with Crippen LogP contribution < -0.4 is 10.2 Å². The Morgan fingerprint density at radius 2 is 2.06 bits per heavy atom. The summed E-state index contributed by atoms with van der Waals surface area (Å²) in [6.45, 7) is 3.97. The maximum atomic E-state index is 11.6. The summed E-state index contributed by atoms with van der Waals surface area (Å²) in [4.78, 5) is 14.5. The monoisotopic (exact) mass is 227 g/mol. The van der Waals surface area contributed by atoms with Crippen molar-refractivity contribution in [2.24, 2.45) is 0 Å². The Hall–Kier alpha value is -2.29. The minimum Gasteiger partial charge on any atom is -0.483 e. The first-order valence-corrected chi connectivity index (χ1v) is 5.31. The van der Waals surface area contributed by atoms with Gasteiger partial charge in [0.05, 0.1) is 0 Å². The topological polar surface area (TPSA) is 42.1 Å². The summed E-state index contributed by atoms with van der Waals surface area (Å²) in [5.41, 5.74) is 1.57. The maximum Gasteiger partial charge on any atom is 0.223 e. The number of nitrogens with one attached hydrogen (secondary N) is 1. The van der Waals surface area contributed by atoms with Gasteiger partial charge in [-0.25, -0.2) is 0 Å². The molecule has 1 aromatic carbocycles. The van der Waals surface area contributed by atoms with E-state index in [1.807, 2.05) is 30.3 Å².